The Kier molecular flexibility index (Phi) is 6.20. The molecule has 0 unspecified atom stereocenters. The Bertz CT molecular complexity index is 1280. The largest absolute Gasteiger partial charge is 0.416 e. The van der Waals surface area contributed by atoms with Gasteiger partial charge in [-0.3, -0.25) is 9.59 Å². The minimum Gasteiger partial charge on any atom is -0.399 e. The molecule has 3 heterocycles. The molecule has 8 nitrogen and oxygen atoms in total. The predicted octanol–water partition coefficient (Wildman–Crippen LogP) is 3.82. The molecule has 0 spiro atoms. The zero-order chi connectivity index (χ0) is 24.6. The zero-order valence-electron chi connectivity index (χ0n) is 18.7. The first-order valence-electron chi connectivity index (χ1n) is 10.9. The van der Waals surface area contributed by atoms with Gasteiger partial charge in [0.2, 0.25) is 5.91 Å². The number of hydrogen-bond acceptors (Lipinski definition) is 6. The van der Waals surface area contributed by atoms with Crippen molar-refractivity contribution in [2.45, 2.75) is 44.8 Å². The van der Waals surface area contributed by atoms with E-state index in [4.69, 9.17) is 5.73 Å². The lowest BCUT2D eigenvalue weighted by atomic mass is 9.89. The first-order chi connectivity index (χ1) is 16.0. The van der Waals surface area contributed by atoms with Crippen LogP contribution in [0.5, 0.6) is 0 Å². The molecular weight excluding hydrogens is 449 g/mol. The molecule has 1 fully saturated rings. The third-order valence-corrected chi connectivity index (χ3v) is 6.22. The number of nitrogens with one attached hydrogen (secondary N) is 2. The third-order valence-electron chi connectivity index (χ3n) is 6.22. The van der Waals surface area contributed by atoms with Gasteiger partial charge < -0.3 is 20.9 Å². The van der Waals surface area contributed by atoms with Gasteiger partial charge in [-0.15, -0.1) is 0 Å². The molecule has 34 heavy (non-hydrogen) atoms. The number of hydrogen-bond donors (Lipinski definition) is 3. The van der Waals surface area contributed by atoms with E-state index in [2.05, 4.69) is 20.3 Å². The molecule has 4 rings (SSSR count). The second kappa shape index (κ2) is 8.96. The lowest BCUT2D eigenvalue weighted by Gasteiger charge is -2.31. The van der Waals surface area contributed by atoms with Gasteiger partial charge in [0.25, 0.3) is 5.56 Å². The zero-order valence-corrected chi connectivity index (χ0v) is 18.7. The van der Waals surface area contributed by atoms with Crippen LogP contribution in [0.4, 0.5) is 24.7 Å². The number of carbonyl (C=O) groups is 1. The van der Waals surface area contributed by atoms with Crippen molar-refractivity contribution in [1.82, 2.24) is 19.9 Å². The van der Waals surface area contributed by atoms with E-state index in [1.54, 1.807) is 17.9 Å². The normalized spacial score (nSPS) is 16.0. The van der Waals surface area contributed by atoms with E-state index in [0.717, 1.165) is 12.1 Å². The van der Waals surface area contributed by atoms with Crippen LogP contribution in [0.25, 0.3) is 11.0 Å². The Balaban J connectivity index is 1.65. The summed E-state index contributed by atoms with van der Waals surface area (Å²) in [5, 5.41) is 3.68. The fraction of sp³-hybridized carbons (Fsp3) is 0.391. The average molecular weight is 474 g/mol. The van der Waals surface area contributed by atoms with Crippen molar-refractivity contribution in [2.75, 3.05) is 24.1 Å². The average Bonchev–Trinajstić information content (AvgIpc) is 2.78. The van der Waals surface area contributed by atoms with Crippen molar-refractivity contribution in [3.63, 3.8) is 0 Å². The molecule has 180 valence electrons. The number of alkyl halides is 3. The van der Waals surface area contributed by atoms with Gasteiger partial charge in [-0.25, -0.2) is 9.97 Å². The van der Waals surface area contributed by atoms with E-state index in [-0.39, 0.29) is 23.1 Å². The van der Waals surface area contributed by atoms with Gasteiger partial charge in [0.15, 0.2) is 0 Å². The molecular formula is C23H25F3N6O2. The number of aromatic nitrogens is 3. The molecule has 0 bridgehead atoms. The number of halogens is 3. The summed E-state index contributed by atoms with van der Waals surface area (Å²) in [6.45, 7) is 4.37. The topological polar surface area (TPSA) is 117 Å². The molecule has 1 aliphatic rings. The highest BCUT2D eigenvalue weighted by molar-refractivity contribution is 5.86. The number of fused-ring (bicyclic) bond motifs is 1. The van der Waals surface area contributed by atoms with Gasteiger partial charge >= 0.3 is 6.18 Å². The number of pyridine rings is 1. The standard InChI is InChI=1S/C23H25F3N6O2/c1-12(15-7-16(23(24,25)26)9-17(27)8-15)30-20-19-10-18(22(34)31-21(19)29-11-28-20)14-3-5-32(6-4-14)13(2)33/h7-12,14H,3-6,27H2,1-2H3,(H2,28,29,30,31,34)/t12-/m1/s1. The second-order valence-electron chi connectivity index (χ2n) is 8.57. The molecule has 1 saturated heterocycles. The molecule has 0 saturated carbocycles. The summed E-state index contributed by atoms with van der Waals surface area (Å²) in [7, 11) is 0. The van der Waals surface area contributed by atoms with Crippen LogP contribution in [-0.2, 0) is 11.0 Å². The Labute approximate surface area is 193 Å². The maximum Gasteiger partial charge on any atom is 0.416 e. The van der Waals surface area contributed by atoms with Crippen LogP contribution in [0, 0.1) is 0 Å². The van der Waals surface area contributed by atoms with Crippen LogP contribution >= 0.6 is 0 Å². The van der Waals surface area contributed by atoms with Crippen molar-refractivity contribution in [3.05, 3.63) is 57.6 Å². The Morgan fingerprint density at radius 2 is 1.91 bits per heavy atom. The molecule has 0 aliphatic carbocycles. The van der Waals surface area contributed by atoms with Crippen molar-refractivity contribution >= 4 is 28.4 Å². The number of benzene rings is 1. The van der Waals surface area contributed by atoms with Gasteiger partial charge in [0, 0.05) is 31.3 Å². The molecule has 1 aromatic carbocycles. The second-order valence-corrected chi connectivity index (χ2v) is 8.57. The van der Waals surface area contributed by atoms with Crippen LogP contribution in [0.15, 0.2) is 35.4 Å². The Hall–Kier alpha value is -3.63. The van der Waals surface area contributed by atoms with Gasteiger partial charge in [0.1, 0.15) is 17.8 Å². The summed E-state index contributed by atoms with van der Waals surface area (Å²) in [6, 6.07) is 4.60. The molecule has 1 aliphatic heterocycles. The number of nitrogens with two attached hydrogens (primary N) is 1. The first kappa shape index (κ1) is 23.5. The number of aromatic amines is 1. The van der Waals surface area contributed by atoms with Gasteiger partial charge in [-0.05, 0) is 55.5 Å². The third kappa shape index (κ3) is 4.82. The molecule has 3 aromatic rings. The number of anilines is 2. The highest BCUT2D eigenvalue weighted by atomic mass is 19.4. The van der Waals surface area contributed by atoms with Crippen LogP contribution < -0.4 is 16.6 Å². The number of H-pyrrole nitrogens is 1. The number of rotatable bonds is 4. The number of amides is 1. The van der Waals surface area contributed by atoms with Crippen LogP contribution in [-0.4, -0.2) is 38.8 Å². The van der Waals surface area contributed by atoms with Crippen molar-refractivity contribution < 1.29 is 18.0 Å². The summed E-state index contributed by atoms with van der Waals surface area (Å²) in [5.74, 6) is 0.361. The summed E-state index contributed by atoms with van der Waals surface area (Å²) in [5.41, 5.74) is 5.88. The molecule has 4 N–H and O–H groups in total. The smallest absolute Gasteiger partial charge is 0.399 e. The highest BCUT2D eigenvalue weighted by Gasteiger charge is 2.31. The monoisotopic (exact) mass is 474 g/mol. The lowest BCUT2D eigenvalue weighted by molar-refractivity contribution is -0.137. The fourth-order valence-corrected chi connectivity index (χ4v) is 4.33. The molecule has 2 aromatic heterocycles. The van der Waals surface area contributed by atoms with Crippen molar-refractivity contribution in [1.29, 1.82) is 0 Å². The first-order valence-corrected chi connectivity index (χ1v) is 10.9. The van der Waals surface area contributed by atoms with Crippen LogP contribution in [0.3, 0.4) is 0 Å². The van der Waals surface area contributed by atoms with E-state index in [1.165, 1.54) is 19.3 Å². The van der Waals surface area contributed by atoms with Crippen LogP contribution in [0.2, 0.25) is 0 Å². The van der Waals surface area contributed by atoms with E-state index in [0.29, 0.717) is 53.9 Å². The maximum atomic E-state index is 13.2. The van der Waals surface area contributed by atoms with E-state index >= 15 is 0 Å². The highest BCUT2D eigenvalue weighted by Crippen LogP contribution is 2.34. The van der Waals surface area contributed by atoms with Gasteiger partial charge in [0.05, 0.1) is 17.0 Å². The Morgan fingerprint density at radius 1 is 1.21 bits per heavy atom. The van der Waals surface area contributed by atoms with Crippen molar-refractivity contribution in [2.24, 2.45) is 0 Å². The minimum atomic E-state index is -4.52. The van der Waals surface area contributed by atoms with Crippen LogP contribution in [0.1, 0.15) is 55.3 Å². The quantitative estimate of drug-likeness (QED) is 0.495. The summed E-state index contributed by atoms with van der Waals surface area (Å²) >= 11 is 0. The number of piperidine rings is 1. The summed E-state index contributed by atoms with van der Waals surface area (Å²) in [4.78, 5) is 37.3. The number of likely N-dealkylation sites (tertiary alicyclic amines) is 1. The minimum absolute atomic E-state index is 0.00883. The number of nitrogens with zero attached hydrogens (tertiary/aromatic N) is 3. The van der Waals surface area contributed by atoms with E-state index in [1.807, 2.05) is 0 Å². The SMILES string of the molecule is CC(=O)N1CCC(c2cc3c(N[C@H](C)c4cc(N)cc(C(F)(F)F)c4)ncnc3[nH]c2=O)CC1. The fourth-order valence-electron chi connectivity index (χ4n) is 4.33. The molecule has 1 amide bonds. The summed E-state index contributed by atoms with van der Waals surface area (Å²) in [6.07, 6.45) is -1.92. The van der Waals surface area contributed by atoms with Crippen molar-refractivity contribution in [3.8, 4) is 0 Å². The van der Waals surface area contributed by atoms with Gasteiger partial charge in [-0.2, -0.15) is 13.2 Å². The molecule has 11 heteroatoms. The number of carbonyl (C=O) groups excluding carboxylic acids is 1. The lowest BCUT2D eigenvalue weighted by Crippen LogP contribution is -2.37. The Morgan fingerprint density at radius 3 is 2.56 bits per heavy atom. The summed E-state index contributed by atoms with van der Waals surface area (Å²) < 4.78 is 39.7. The van der Waals surface area contributed by atoms with Gasteiger partial charge in [-0.1, -0.05) is 0 Å². The number of nitrogen functional groups attached to an aromatic ring is 1. The van der Waals surface area contributed by atoms with E-state index in [9.17, 15) is 22.8 Å². The van der Waals surface area contributed by atoms with E-state index < -0.39 is 17.8 Å². The maximum absolute atomic E-state index is 13.2. The molecule has 0 radical (unpaired) electrons. The predicted molar refractivity (Wildman–Crippen MR) is 122 cm³/mol. The molecule has 1 atom stereocenters.